The molecular weight excluding hydrogens is 354 g/mol. The Morgan fingerprint density at radius 3 is 3.14 bits per heavy atom. The molecule has 1 aliphatic rings. The standard InChI is InChI=1S/C14H14BrN3O2S/c1-20-12(19)5-9-6-21-14(17-9)11-3-7-2-8(15)4-10(16)13(7)18-11/h2-4,9,18H,5-6,16H2,1H3/t9-/m1/s1. The summed E-state index contributed by atoms with van der Waals surface area (Å²) < 4.78 is 5.63. The van der Waals surface area contributed by atoms with Crippen molar-refractivity contribution in [3.05, 3.63) is 28.4 Å². The molecule has 21 heavy (non-hydrogen) atoms. The van der Waals surface area contributed by atoms with Crippen LogP contribution in [0.2, 0.25) is 0 Å². The highest BCUT2D eigenvalue weighted by Gasteiger charge is 2.23. The van der Waals surface area contributed by atoms with Crippen molar-refractivity contribution >= 4 is 55.3 Å². The zero-order valence-electron chi connectivity index (χ0n) is 11.4. The summed E-state index contributed by atoms with van der Waals surface area (Å²) in [6.45, 7) is 0. The molecule has 0 fully saturated rings. The predicted octanol–water partition coefficient (Wildman–Crippen LogP) is 2.94. The summed E-state index contributed by atoms with van der Waals surface area (Å²) >= 11 is 5.08. The lowest BCUT2D eigenvalue weighted by molar-refractivity contribution is -0.140. The van der Waals surface area contributed by atoms with E-state index in [1.165, 1.54) is 7.11 Å². The summed E-state index contributed by atoms with van der Waals surface area (Å²) in [7, 11) is 1.40. The molecule has 1 aromatic carbocycles. The summed E-state index contributed by atoms with van der Waals surface area (Å²) in [6.07, 6.45) is 0.320. The van der Waals surface area contributed by atoms with E-state index >= 15 is 0 Å². The maximum absolute atomic E-state index is 11.3. The number of nitrogens with zero attached hydrogens (tertiary/aromatic N) is 1. The van der Waals surface area contributed by atoms with Crippen molar-refractivity contribution in [3.63, 3.8) is 0 Å². The second kappa shape index (κ2) is 5.73. The van der Waals surface area contributed by atoms with Crippen molar-refractivity contribution in [2.45, 2.75) is 12.5 Å². The maximum Gasteiger partial charge on any atom is 0.307 e. The lowest BCUT2D eigenvalue weighted by Gasteiger charge is -2.02. The van der Waals surface area contributed by atoms with Crippen molar-refractivity contribution in [2.24, 2.45) is 4.99 Å². The van der Waals surface area contributed by atoms with Gasteiger partial charge in [0.25, 0.3) is 0 Å². The minimum atomic E-state index is -0.226. The van der Waals surface area contributed by atoms with Crippen LogP contribution in [0, 0.1) is 0 Å². The van der Waals surface area contributed by atoms with Crippen molar-refractivity contribution in [1.29, 1.82) is 0 Å². The molecule has 0 saturated heterocycles. The molecule has 7 heteroatoms. The number of methoxy groups -OCH3 is 1. The fraction of sp³-hybridized carbons (Fsp3) is 0.286. The number of nitrogens with two attached hydrogens (primary N) is 1. The Morgan fingerprint density at radius 1 is 1.57 bits per heavy atom. The summed E-state index contributed by atoms with van der Waals surface area (Å²) in [5.74, 6) is 0.564. The maximum atomic E-state index is 11.3. The number of nitrogens with one attached hydrogen (secondary N) is 1. The van der Waals surface area contributed by atoms with Gasteiger partial charge in [-0.15, -0.1) is 11.8 Å². The number of anilines is 1. The van der Waals surface area contributed by atoms with Gasteiger partial charge in [0.15, 0.2) is 0 Å². The third-order valence-electron chi connectivity index (χ3n) is 3.30. The molecule has 2 aromatic rings. The van der Waals surface area contributed by atoms with Crippen LogP contribution in [0.5, 0.6) is 0 Å². The molecule has 0 radical (unpaired) electrons. The second-order valence-corrected chi connectivity index (χ2v) is 6.75. The molecule has 110 valence electrons. The minimum Gasteiger partial charge on any atom is -0.469 e. The Balaban J connectivity index is 1.89. The number of aromatic nitrogens is 1. The normalized spacial score (nSPS) is 18.0. The highest BCUT2D eigenvalue weighted by Crippen LogP contribution is 2.30. The van der Waals surface area contributed by atoms with Gasteiger partial charge in [-0.3, -0.25) is 9.79 Å². The number of benzene rings is 1. The van der Waals surface area contributed by atoms with Gasteiger partial charge in [-0.05, 0) is 18.2 Å². The van der Waals surface area contributed by atoms with Crippen LogP contribution in [0.3, 0.4) is 0 Å². The van der Waals surface area contributed by atoms with E-state index < -0.39 is 0 Å². The lowest BCUT2D eigenvalue weighted by Crippen LogP contribution is -2.12. The number of carbonyl (C=O) groups excluding carboxylic acids is 1. The second-order valence-electron chi connectivity index (χ2n) is 4.82. The highest BCUT2D eigenvalue weighted by atomic mass is 79.9. The molecule has 0 bridgehead atoms. The first-order valence-corrected chi connectivity index (χ1v) is 8.20. The first kappa shape index (κ1) is 14.5. The van der Waals surface area contributed by atoms with Gasteiger partial charge in [0.1, 0.15) is 5.04 Å². The largest absolute Gasteiger partial charge is 0.469 e. The number of rotatable bonds is 3. The van der Waals surface area contributed by atoms with E-state index in [9.17, 15) is 4.79 Å². The van der Waals surface area contributed by atoms with Crippen LogP contribution < -0.4 is 5.73 Å². The molecule has 0 spiro atoms. The number of H-pyrrole nitrogens is 1. The molecule has 0 saturated carbocycles. The Kier molecular flexibility index (Phi) is 3.95. The molecule has 2 heterocycles. The molecule has 0 amide bonds. The zero-order valence-corrected chi connectivity index (χ0v) is 13.8. The summed E-state index contributed by atoms with van der Waals surface area (Å²) in [5.41, 5.74) is 8.55. The van der Waals surface area contributed by atoms with E-state index in [-0.39, 0.29) is 12.0 Å². The number of aliphatic imine (C=N–C) groups is 1. The third kappa shape index (κ3) is 2.94. The summed E-state index contributed by atoms with van der Waals surface area (Å²) in [5, 5.41) is 1.95. The summed E-state index contributed by atoms with van der Waals surface area (Å²) in [6, 6.07) is 5.89. The molecule has 1 atom stereocenters. The molecular formula is C14H14BrN3O2S. The highest BCUT2D eigenvalue weighted by molar-refractivity contribution is 9.10. The predicted molar refractivity (Wildman–Crippen MR) is 89.8 cm³/mol. The van der Waals surface area contributed by atoms with E-state index in [2.05, 4.69) is 30.6 Å². The molecule has 1 aliphatic heterocycles. The van der Waals surface area contributed by atoms with E-state index in [1.54, 1.807) is 11.8 Å². The van der Waals surface area contributed by atoms with Gasteiger partial charge in [0.2, 0.25) is 0 Å². The average molecular weight is 368 g/mol. The van der Waals surface area contributed by atoms with Crippen molar-refractivity contribution < 1.29 is 9.53 Å². The van der Waals surface area contributed by atoms with Crippen LogP contribution in [0.15, 0.2) is 27.7 Å². The number of carbonyl (C=O) groups is 1. The number of esters is 1. The fourth-order valence-electron chi connectivity index (χ4n) is 2.29. The lowest BCUT2D eigenvalue weighted by atomic mass is 10.2. The molecule has 0 unspecified atom stereocenters. The zero-order chi connectivity index (χ0) is 15.0. The Bertz CT molecular complexity index is 741. The molecule has 1 aromatic heterocycles. The van der Waals surface area contributed by atoms with Gasteiger partial charge < -0.3 is 15.5 Å². The van der Waals surface area contributed by atoms with Crippen LogP contribution in [-0.4, -0.2) is 34.9 Å². The van der Waals surface area contributed by atoms with Crippen LogP contribution >= 0.6 is 27.7 Å². The number of aromatic amines is 1. The first-order valence-electron chi connectivity index (χ1n) is 6.42. The van der Waals surface area contributed by atoms with Crippen LogP contribution in [0.4, 0.5) is 5.69 Å². The number of hydrogen-bond acceptors (Lipinski definition) is 5. The number of halogens is 1. The SMILES string of the molecule is COC(=O)C[C@@H]1CSC(c2cc3cc(Br)cc(N)c3[nH]2)=N1. The smallest absolute Gasteiger partial charge is 0.307 e. The number of nitrogen functional groups attached to an aromatic ring is 1. The Labute approximate surface area is 134 Å². The van der Waals surface area contributed by atoms with Crippen LogP contribution in [0.1, 0.15) is 12.1 Å². The summed E-state index contributed by atoms with van der Waals surface area (Å²) in [4.78, 5) is 19.2. The van der Waals surface area contributed by atoms with Gasteiger partial charge in [-0.1, -0.05) is 15.9 Å². The number of fused-ring (bicyclic) bond motifs is 1. The van der Waals surface area contributed by atoms with Crippen molar-refractivity contribution in [3.8, 4) is 0 Å². The van der Waals surface area contributed by atoms with E-state index in [4.69, 9.17) is 5.73 Å². The fourth-order valence-corrected chi connectivity index (χ4v) is 3.82. The number of ether oxygens (including phenoxy) is 1. The molecule has 0 aliphatic carbocycles. The Hall–Kier alpha value is -1.47. The average Bonchev–Trinajstić information content (AvgIpc) is 3.04. The van der Waals surface area contributed by atoms with Gasteiger partial charge in [0, 0.05) is 15.6 Å². The third-order valence-corrected chi connectivity index (χ3v) is 4.90. The monoisotopic (exact) mass is 367 g/mol. The van der Waals surface area contributed by atoms with Crippen LogP contribution in [-0.2, 0) is 9.53 Å². The quantitative estimate of drug-likeness (QED) is 0.645. The topological polar surface area (TPSA) is 80.5 Å². The number of hydrogen-bond donors (Lipinski definition) is 2. The Morgan fingerprint density at radius 2 is 2.38 bits per heavy atom. The minimum absolute atomic E-state index is 0.0204. The number of thioether (sulfide) groups is 1. The van der Waals surface area contributed by atoms with Gasteiger partial charge >= 0.3 is 5.97 Å². The van der Waals surface area contributed by atoms with E-state index in [1.807, 2.05) is 18.2 Å². The van der Waals surface area contributed by atoms with Gasteiger partial charge in [-0.2, -0.15) is 0 Å². The van der Waals surface area contributed by atoms with E-state index in [0.29, 0.717) is 12.1 Å². The van der Waals surface area contributed by atoms with Crippen molar-refractivity contribution in [2.75, 3.05) is 18.6 Å². The van der Waals surface area contributed by atoms with Gasteiger partial charge in [0.05, 0.1) is 36.5 Å². The molecule has 3 rings (SSSR count). The molecule has 3 N–H and O–H groups in total. The van der Waals surface area contributed by atoms with Crippen LogP contribution in [0.25, 0.3) is 10.9 Å². The van der Waals surface area contributed by atoms with E-state index in [0.717, 1.165) is 31.9 Å². The van der Waals surface area contributed by atoms with Gasteiger partial charge in [-0.25, -0.2) is 0 Å². The molecule has 5 nitrogen and oxygen atoms in total. The first-order chi connectivity index (χ1) is 10.1. The van der Waals surface area contributed by atoms with Crippen molar-refractivity contribution in [1.82, 2.24) is 4.98 Å².